The average Bonchev–Trinajstić information content (AvgIpc) is 2.30. The lowest BCUT2D eigenvalue weighted by molar-refractivity contribution is -0.111. The topological polar surface area (TPSA) is 66.7 Å². The average molecular weight is 227 g/mol. The van der Waals surface area contributed by atoms with Crippen LogP contribution < -0.4 is 0 Å². The van der Waals surface area contributed by atoms with Crippen LogP contribution in [0.4, 0.5) is 0 Å². The van der Waals surface area contributed by atoms with E-state index in [-0.39, 0.29) is 17.3 Å². The molecular formula is C13H9NO3. The molecule has 0 aliphatic heterocycles. The van der Waals surface area contributed by atoms with Crippen LogP contribution >= 0.6 is 0 Å². The molecule has 0 atom stereocenters. The Morgan fingerprint density at radius 3 is 2.24 bits per heavy atom. The van der Waals surface area contributed by atoms with Gasteiger partial charge >= 0.3 is 0 Å². The number of rotatable bonds is 1. The monoisotopic (exact) mass is 227 g/mol. The molecule has 2 rings (SSSR count). The Morgan fingerprint density at radius 2 is 1.59 bits per heavy atom. The number of carbonyl (C=O) groups excluding carboxylic acids is 2. The standard InChI is InChI=1S/C13H9NO3/c15-10-3-1-9(2-4-10)8-14-12-6-5-11(16)7-13(12)17/h1-8,17H. The number of ketones is 2. The fraction of sp³-hybridized carbons (Fsp3) is 0. The first-order valence-corrected chi connectivity index (χ1v) is 4.96. The molecule has 4 nitrogen and oxygen atoms in total. The Hall–Kier alpha value is -2.49. The Bertz CT molecular complexity index is 539. The van der Waals surface area contributed by atoms with Gasteiger partial charge in [-0.1, -0.05) is 0 Å². The second-order valence-corrected chi connectivity index (χ2v) is 3.48. The zero-order valence-electron chi connectivity index (χ0n) is 8.83. The number of aliphatic hydroxyl groups excluding tert-OH is 1. The van der Waals surface area contributed by atoms with E-state index >= 15 is 0 Å². The van der Waals surface area contributed by atoms with Crippen molar-refractivity contribution < 1.29 is 14.7 Å². The lowest BCUT2D eigenvalue weighted by Gasteiger charge is -2.03. The number of allylic oxidation sites excluding steroid dienone is 8. The Morgan fingerprint density at radius 1 is 0.941 bits per heavy atom. The maximum absolute atomic E-state index is 10.9. The molecule has 4 heteroatoms. The van der Waals surface area contributed by atoms with Crippen LogP contribution in [0.1, 0.15) is 0 Å². The van der Waals surface area contributed by atoms with Crippen LogP contribution in [0.5, 0.6) is 0 Å². The number of aliphatic imine (C=N–C) groups is 1. The van der Waals surface area contributed by atoms with E-state index in [1.165, 1.54) is 30.5 Å². The van der Waals surface area contributed by atoms with Gasteiger partial charge in [-0.25, -0.2) is 0 Å². The third kappa shape index (κ3) is 2.75. The Kier molecular flexibility index (Phi) is 2.96. The van der Waals surface area contributed by atoms with Crippen LogP contribution in [0.3, 0.4) is 0 Å². The zero-order chi connectivity index (χ0) is 12.3. The van der Waals surface area contributed by atoms with Gasteiger partial charge in [-0.15, -0.1) is 0 Å². The largest absolute Gasteiger partial charge is 0.506 e. The van der Waals surface area contributed by atoms with Gasteiger partial charge in [-0.05, 0) is 42.0 Å². The van der Waals surface area contributed by atoms with Gasteiger partial charge in [-0.2, -0.15) is 0 Å². The third-order valence-electron chi connectivity index (χ3n) is 2.18. The first-order chi connectivity index (χ1) is 8.15. The molecular weight excluding hydrogens is 218 g/mol. The maximum Gasteiger partial charge on any atom is 0.182 e. The van der Waals surface area contributed by atoms with Crippen molar-refractivity contribution in [2.75, 3.05) is 0 Å². The molecule has 0 heterocycles. The highest BCUT2D eigenvalue weighted by atomic mass is 16.3. The summed E-state index contributed by atoms with van der Waals surface area (Å²) in [6, 6.07) is 0. The van der Waals surface area contributed by atoms with E-state index in [9.17, 15) is 14.7 Å². The highest BCUT2D eigenvalue weighted by molar-refractivity contribution is 6.18. The van der Waals surface area contributed by atoms with E-state index in [2.05, 4.69) is 4.99 Å². The van der Waals surface area contributed by atoms with E-state index in [4.69, 9.17) is 0 Å². The molecule has 0 aromatic rings. The number of hydrogen-bond donors (Lipinski definition) is 1. The summed E-state index contributed by atoms with van der Waals surface area (Å²) >= 11 is 0. The molecule has 0 aromatic carbocycles. The molecule has 0 saturated heterocycles. The summed E-state index contributed by atoms with van der Waals surface area (Å²) in [5.74, 6) is -0.493. The first-order valence-electron chi connectivity index (χ1n) is 4.96. The van der Waals surface area contributed by atoms with E-state index in [1.807, 2.05) is 0 Å². The summed E-state index contributed by atoms with van der Waals surface area (Å²) in [6.45, 7) is 0. The lowest BCUT2D eigenvalue weighted by Crippen LogP contribution is -2.06. The first kappa shape index (κ1) is 11.0. The molecule has 84 valence electrons. The number of hydrogen-bond acceptors (Lipinski definition) is 4. The van der Waals surface area contributed by atoms with Gasteiger partial charge in [-0.3, -0.25) is 14.6 Å². The van der Waals surface area contributed by atoms with Crippen molar-refractivity contribution in [3.63, 3.8) is 0 Å². The van der Waals surface area contributed by atoms with Crippen LogP contribution in [-0.4, -0.2) is 22.4 Å². The van der Waals surface area contributed by atoms with Crippen molar-refractivity contribution in [3.05, 3.63) is 60.1 Å². The second-order valence-electron chi connectivity index (χ2n) is 3.48. The zero-order valence-corrected chi connectivity index (χ0v) is 8.83. The minimum Gasteiger partial charge on any atom is -0.506 e. The number of carbonyl (C=O) groups is 2. The van der Waals surface area contributed by atoms with Gasteiger partial charge in [0.25, 0.3) is 0 Å². The summed E-state index contributed by atoms with van der Waals surface area (Å²) in [5, 5.41) is 9.45. The Balaban J connectivity index is 2.20. The lowest BCUT2D eigenvalue weighted by atomic mass is 10.1. The van der Waals surface area contributed by atoms with E-state index in [0.717, 1.165) is 11.6 Å². The predicted molar refractivity (Wildman–Crippen MR) is 63.7 cm³/mol. The van der Waals surface area contributed by atoms with E-state index in [1.54, 1.807) is 12.2 Å². The van der Waals surface area contributed by atoms with Crippen LogP contribution in [0, 0.1) is 0 Å². The predicted octanol–water partition coefficient (Wildman–Crippen LogP) is 1.59. The minimum absolute atomic E-state index is 0.0688. The summed E-state index contributed by atoms with van der Waals surface area (Å²) in [7, 11) is 0. The van der Waals surface area contributed by atoms with E-state index in [0.29, 0.717) is 5.71 Å². The van der Waals surface area contributed by atoms with Crippen molar-refractivity contribution in [2.24, 2.45) is 4.99 Å². The molecule has 1 N–H and O–H groups in total. The van der Waals surface area contributed by atoms with Crippen molar-refractivity contribution in [1.82, 2.24) is 0 Å². The molecule has 0 radical (unpaired) electrons. The summed E-state index contributed by atoms with van der Waals surface area (Å²) in [6.07, 6.45) is 11.5. The van der Waals surface area contributed by atoms with Crippen molar-refractivity contribution in [1.29, 1.82) is 0 Å². The molecule has 17 heavy (non-hydrogen) atoms. The second kappa shape index (κ2) is 4.57. The van der Waals surface area contributed by atoms with Gasteiger partial charge in [0.2, 0.25) is 0 Å². The summed E-state index contributed by atoms with van der Waals surface area (Å²) in [4.78, 5) is 25.8. The molecule has 2 aliphatic carbocycles. The molecule has 0 bridgehead atoms. The van der Waals surface area contributed by atoms with Gasteiger partial charge in [0.05, 0.1) is 0 Å². The van der Waals surface area contributed by atoms with E-state index < -0.39 is 0 Å². The highest BCUT2D eigenvalue weighted by Gasteiger charge is 2.08. The fourth-order valence-electron chi connectivity index (χ4n) is 1.31. The highest BCUT2D eigenvalue weighted by Crippen LogP contribution is 2.08. The van der Waals surface area contributed by atoms with Gasteiger partial charge < -0.3 is 5.11 Å². The van der Waals surface area contributed by atoms with Crippen molar-refractivity contribution in [2.45, 2.75) is 0 Å². The molecule has 0 amide bonds. The van der Waals surface area contributed by atoms with Crippen LogP contribution in [-0.2, 0) is 9.59 Å². The number of nitrogens with zero attached hydrogens (tertiary/aromatic N) is 1. The molecule has 0 aromatic heterocycles. The van der Waals surface area contributed by atoms with Crippen molar-refractivity contribution >= 4 is 17.3 Å². The minimum atomic E-state index is -0.267. The van der Waals surface area contributed by atoms with Crippen LogP contribution in [0.2, 0.25) is 0 Å². The van der Waals surface area contributed by atoms with Crippen LogP contribution in [0.25, 0.3) is 0 Å². The summed E-state index contributed by atoms with van der Waals surface area (Å²) < 4.78 is 0. The third-order valence-corrected chi connectivity index (χ3v) is 2.18. The summed E-state index contributed by atoms with van der Waals surface area (Å²) in [5.41, 5.74) is 1.06. The Labute approximate surface area is 97.7 Å². The van der Waals surface area contributed by atoms with Gasteiger partial charge in [0.15, 0.2) is 11.6 Å². The normalized spacial score (nSPS) is 21.1. The maximum atomic E-state index is 10.9. The quantitative estimate of drug-likeness (QED) is 0.691. The molecule has 0 fully saturated rings. The molecule has 0 saturated carbocycles. The molecule has 2 aliphatic rings. The smallest absolute Gasteiger partial charge is 0.182 e. The fourth-order valence-corrected chi connectivity index (χ4v) is 1.31. The van der Waals surface area contributed by atoms with Crippen molar-refractivity contribution in [3.8, 4) is 0 Å². The van der Waals surface area contributed by atoms with Gasteiger partial charge in [0.1, 0.15) is 11.5 Å². The van der Waals surface area contributed by atoms with Gasteiger partial charge in [0, 0.05) is 12.3 Å². The number of aliphatic hydroxyl groups is 1. The molecule has 0 unspecified atom stereocenters. The molecule has 0 spiro atoms. The van der Waals surface area contributed by atoms with Crippen LogP contribution in [0.15, 0.2) is 65.1 Å². The SMILES string of the molecule is O=C1C=CC(=CN=C2C=CC(=O)C=C2O)C=C1.